The first kappa shape index (κ1) is 13.3. The molecular formula is C10H16F3NO2. The van der Waals surface area contributed by atoms with Gasteiger partial charge in [-0.1, -0.05) is 19.3 Å². The number of aliphatic carboxylic acids is 1. The Morgan fingerprint density at radius 2 is 2.00 bits per heavy atom. The van der Waals surface area contributed by atoms with Gasteiger partial charge in [-0.15, -0.1) is 0 Å². The summed E-state index contributed by atoms with van der Waals surface area (Å²) in [6.07, 6.45) is -1.25. The Morgan fingerprint density at radius 3 is 2.31 bits per heavy atom. The first-order chi connectivity index (χ1) is 7.23. The van der Waals surface area contributed by atoms with Gasteiger partial charge in [-0.2, -0.15) is 13.2 Å². The molecule has 1 rings (SSSR count). The first-order valence-electron chi connectivity index (χ1n) is 5.28. The summed E-state index contributed by atoms with van der Waals surface area (Å²) >= 11 is 0. The maximum atomic E-state index is 12.0. The molecule has 16 heavy (non-hydrogen) atoms. The quantitative estimate of drug-likeness (QED) is 0.773. The molecule has 2 N–H and O–H groups in total. The Balaban J connectivity index is 2.53. The van der Waals surface area contributed by atoms with Crippen molar-refractivity contribution >= 4 is 5.97 Å². The van der Waals surface area contributed by atoms with E-state index in [1.165, 1.54) is 6.92 Å². The zero-order valence-electron chi connectivity index (χ0n) is 9.10. The summed E-state index contributed by atoms with van der Waals surface area (Å²) in [6, 6.07) is 0. The molecule has 0 amide bonds. The summed E-state index contributed by atoms with van der Waals surface area (Å²) in [5.41, 5.74) is -1.47. The van der Waals surface area contributed by atoms with Gasteiger partial charge in [-0.25, -0.2) is 0 Å². The lowest BCUT2D eigenvalue weighted by atomic mass is 9.76. The van der Waals surface area contributed by atoms with Gasteiger partial charge in [0.1, 0.15) is 5.54 Å². The summed E-state index contributed by atoms with van der Waals surface area (Å²) in [6.45, 7) is 0.0575. The molecule has 1 aliphatic rings. The van der Waals surface area contributed by atoms with Gasteiger partial charge in [0.15, 0.2) is 0 Å². The minimum Gasteiger partial charge on any atom is -0.480 e. The van der Waals surface area contributed by atoms with Crippen LogP contribution in [0.2, 0.25) is 0 Å². The SMILES string of the molecule is CC(CC1CCC1)(NCC(F)(F)F)C(=O)O. The van der Waals surface area contributed by atoms with Crippen LogP contribution in [0.3, 0.4) is 0 Å². The van der Waals surface area contributed by atoms with Crippen LogP contribution in [0.1, 0.15) is 32.6 Å². The van der Waals surface area contributed by atoms with Crippen LogP contribution in [0.4, 0.5) is 13.2 Å². The van der Waals surface area contributed by atoms with E-state index in [4.69, 9.17) is 5.11 Å². The molecule has 6 heteroatoms. The van der Waals surface area contributed by atoms with Crippen molar-refractivity contribution in [1.82, 2.24) is 5.32 Å². The van der Waals surface area contributed by atoms with E-state index in [-0.39, 0.29) is 12.3 Å². The highest BCUT2D eigenvalue weighted by Gasteiger charge is 2.40. The molecule has 1 atom stereocenters. The summed E-state index contributed by atoms with van der Waals surface area (Å²) in [4.78, 5) is 11.0. The van der Waals surface area contributed by atoms with Crippen molar-refractivity contribution in [3.05, 3.63) is 0 Å². The number of carboxylic acid groups (broad SMARTS) is 1. The smallest absolute Gasteiger partial charge is 0.401 e. The second kappa shape index (κ2) is 4.61. The van der Waals surface area contributed by atoms with Crippen LogP contribution in [-0.2, 0) is 4.79 Å². The Morgan fingerprint density at radius 1 is 1.44 bits per heavy atom. The van der Waals surface area contributed by atoms with E-state index in [1.807, 2.05) is 0 Å². The zero-order chi connectivity index (χ0) is 12.4. The second-order valence-electron chi connectivity index (χ2n) is 4.61. The van der Waals surface area contributed by atoms with Gasteiger partial charge < -0.3 is 5.11 Å². The minimum absolute atomic E-state index is 0.238. The number of rotatable bonds is 5. The summed E-state index contributed by atoms with van der Waals surface area (Å²) in [7, 11) is 0. The van der Waals surface area contributed by atoms with Crippen LogP contribution in [0, 0.1) is 5.92 Å². The number of carbonyl (C=O) groups is 1. The zero-order valence-corrected chi connectivity index (χ0v) is 9.10. The Bertz CT molecular complexity index is 263. The van der Waals surface area contributed by atoms with E-state index >= 15 is 0 Å². The van der Waals surface area contributed by atoms with E-state index in [1.54, 1.807) is 0 Å². The van der Waals surface area contributed by atoms with Gasteiger partial charge in [0, 0.05) is 0 Å². The van der Waals surface area contributed by atoms with Crippen molar-refractivity contribution in [1.29, 1.82) is 0 Å². The molecular weight excluding hydrogens is 223 g/mol. The molecule has 1 saturated carbocycles. The van der Waals surface area contributed by atoms with E-state index in [0.29, 0.717) is 0 Å². The lowest BCUT2D eigenvalue weighted by Gasteiger charge is -2.35. The molecule has 1 unspecified atom stereocenters. The van der Waals surface area contributed by atoms with Gasteiger partial charge in [0.25, 0.3) is 0 Å². The third-order valence-corrected chi connectivity index (χ3v) is 3.07. The molecule has 1 fully saturated rings. The van der Waals surface area contributed by atoms with Crippen LogP contribution in [-0.4, -0.2) is 29.3 Å². The number of hydrogen-bond donors (Lipinski definition) is 2. The maximum Gasteiger partial charge on any atom is 0.401 e. The molecule has 0 spiro atoms. The highest BCUT2D eigenvalue weighted by atomic mass is 19.4. The number of nitrogens with one attached hydrogen (secondary N) is 1. The molecule has 0 aromatic rings. The Labute approximate surface area is 92.0 Å². The van der Waals surface area contributed by atoms with Crippen LogP contribution < -0.4 is 5.32 Å². The minimum atomic E-state index is -4.38. The second-order valence-corrected chi connectivity index (χ2v) is 4.61. The Kier molecular flexibility index (Phi) is 3.83. The maximum absolute atomic E-state index is 12.0. The van der Waals surface area contributed by atoms with E-state index < -0.39 is 24.2 Å². The topological polar surface area (TPSA) is 49.3 Å². The van der Waals surface area contributed by atoms with Gasteiger partial charge in [0.2, 0.25) is 0 Å². The average Bonchev–Trinajstić information content (AvgIpc) is 2.07. The number of halogens is 3. The van der Waals surface area contributed by atoms with Crippen LogP contribution in [0.15, 0.2) is 0 Å². The largest absolute Gasteiger partial charge is 0.480 e. The highest BCUT2D eigenvalue weighted by molar-refractivity contribution is 5.78. The first-order valence-corrected chi connectivity index (χ1v) is 5.28. The lowest BCUT2D eigenvalue weighted by molar-refractivity contribution is -0.150. The molecule has 3 nitrogen and oxygen atoms in total. The number of alkyl halides is 3. The predicted octanol–water partition coefficient (Wildman–Crippen LogP) is 2.17. The summed E-state index contributed by atoms with van der Waals surface area (Å²) in [5, 5.41) is 11.1. The van der Waals surface area contributed by atoms with Crippen molar-refractivity contribution in [2.24, 2.45) is 5.92 Å². The fourth-order valence-electron chi connectivity index (χ4n) is 1.80. The molecule has 0 heterocycles. The van der Waals surface area contributed by atoms with Gasteiger partial charge in [-0.05, 0) is 19.3 Å². The fourth-order valence-corrected chi connectivity index (χ4v) is 1.80. The van der Waals surface area contributed by atoms with E-state index in [0.717, 1.165) is 19.3 Å². The van der Waals surface area contributed by atoms with Gasteiger partial charge in [-0.3, -0.25) is 10.1 Å². The molecule has 0 aromatic heterocycles. The molecule has 0 saturated heterocycles. The van der Waals surface area contributed by atoms with Crippen LogP contribution in [0.25, 0.3) is 0 Å². The third-order valence-electron chi connectivity index (χ3n) is 3.07. The number of carboxylic acids is 1. The van der Waals surface area contributed by atoms with E-state index in [9.17, 15) is 18.0 Å². The molecule has 94 valence electrons. The number of hydrogen-bond acceptors (Lipinski definition) is 2. The highest BCUT2D eigenvalue weighted by Crippen LogP contribution is 2.34. The Hall–Kier alpha value is -0.780. The third kappa shape index (κ3) is 3.66. The van der Waals surface area contributed by atoms with Gasteiger partial charge >= 0.3 is 12.1 Å². The van der Waals surface area contributed by atoms with Crippen LogP contribution in [0.5, 0.6) is 0 Å². The normalized spacial score (nSPS) is 21.2. The predicted molar refractivity (Wildman–Crippen MR) is 52.1 cm³/mol. The van der Waals surface area contributed by atoms with Crippen molar-refractivity contribution in [2.45, 2.75) is 44.3 Å². The monoisotopic (exact) mass is 239 g/mol. The lowest BCUT2D eigenvalue weighted by Crippen LogP contribution is -2.54. The van der Waals surface area contributed by atoms with Crippen molar-refractivity contribution in [3.63, 3.8) is 0 Å². The molecule has 0 aromatic carbocycles. The average molecular weight is 239 g/mol. The van der Waals surface area contributed by atoms with Crippen molar-refractivity contribution < 1.29 is 23.1 Å². The summed E-state index contributed by atoms with van der Waals surface area (Å²) in [5.74, 6) is -0.981. The molecule has 0 bridgehead atoms. The van der Waals surface area contributed by atoms with Crippen LogP contribution >= 0.6 is 0 Å². The van der Waals surface area contributed by atoms with Crippen molar-refractivity contribution in [3.8, 4) is 0 Å². The standard InChI is InChI=1S/C10H16F3NO2/c1-9(8(15)16,5-7-3-2-4-7)14-6-10(11,12)13/h7,14H,2-6H2,1H3,(H,15,16). The fraction of sp³-hybridized carbons (Fsp3) is 0.900. The van der Waals surface area contributed by atoms with Gasteiger partial charge in [0.05, 0.1) is 6.54 Å². The molecule has 0 radical (unpaired) electrons. The summed E-state index contributed by atoms with van der Waals surface area (Å²) < 4.78 is 36.1. The van der Waals surface area contributed by atoms with Crippen molar-refractivity contribution in [2.75, 3.05) is 6.54 Å². The van der Waals surface area contributed by atoms with E-state index in [2.05, 4.69) is 5.32 Å². The molecule has 1 aliphatic carbocycles. The molecule has 0 aliphatic heterocycles.